The van der Waals surface area contributed by atoms with Crippen molar-refractivity contribution in [2.75, 3.05) is 26.7 Å². The van der Waals surface area contributed by atoms with Gasteiger partial charge < -0.3 is 15.1 Å². The van der Waals surface area contributed by atoms with Crippen LogP contribution in [0.3, 0.4) is 0 Å². The number of unbranched alkanes of at least 4 members (excludes halogenated alkanes) is 2. The zero-order chi connectivity index (χ0) is 15.0. The summed E-state index contributed by atoms with van der Waals surface area (Å²) in [6, 6.07) is 6.39. The van der Waals surface area contributed by atoms with Crippen molar-refractivity contribution in [3.63, 3.8) is 0 Å². The fourth-order valence-corrected chi connectivity index (χ4v) is 2.37. The monoisotopic (exact) mass is 283 g/mol. The maximum absolute atomic E-state index is 13.6. The van der Waals surface area contributed by atoms with Gasteiger partial charge in [0.15, 0.2) is 0 Å². The number of aliphatic hydroxyl groups is 2. The van der Waals surface area contributed by atoms with E-state index < -0.39 is 6.10 Å². The summed E-state index contributed by atoms with van der Waals surface area (Å²) in [5, 5.41) is 18.9. The van der Waals surface area contributed by atoms with Crippen molar-refractivity contribution in [3.05, 3.63) is 35.6 Å². The lowest BCUT2D eigenvalue weighted by Crippen LogP contribution is -2.29. The van der Waals surface area contributed by atoms with Gasteiger partial charge in [-0.05, 0) is 44.8 Å². The first-order valence-corrected chi connectivity index (χ1v) is 7.28. The van der Waals surface area contributed by atoms with Crippen LogP contribution in [-0.4, -0.2) is 41.9 Å². The summed E-state index contributed by atoms with van der Waals surface area (Å²) in [6.07, 6.45) is 2.09. The molecule has 114 valence electrons. The van der Waals surface area contributed by atoms with Gasteiger partial charge >= 0.3 is 0 Å². The quantitative estimate of drug-likeness (QED) is 0.685. The summed E-state index contributed by atoms with van der Waals surface area (Å²) in [5.41, 5.74) is 0.369. The molecule has 4 heteroatoms. The number of hydrogen-bond acceptors (Lipinski definition) is 3. The van der Waals surface area contributed by atoms with Crippen molar-refractivity contribution in [2.24, 2.45) is 5.92 Å². The van der Waals surface area contributed by atoms with E-state index in [1.807, 2.05) is 14.0 Å². The van der Waals surface area contributed by atoms with E-state index in [1.54, 1.807) is 18.2 Å². The minimum absolute atomic E-state index is 0.0326. The highest BCUT2D eigenvalue weighted by Gasteiger charge is 2.20. The molecular weight excluding hydrogens is 257 g/mol. The lowest BCUT2D eigenvalue weighted by Gasteiger charge is -2.25. The third kappa shape index (κ3) is 5.57. The van der Waals surface area contributed by atoms with Crippen molar-refractivity contribution < 1.29 is 14.6 Å². The first-order chi connectivity index (χ1) is 9.56. The zero-order valence-corrected chi connectivity index (χ0v) is 12.4. The van der Waals surface area contributed by atoms with Gasteiger partial charge in [-0.15, -0.1) is 0 Å². The number of halogens is 1. The molecule has 0 saturated heterocycles. The van der Waals surface area contributed by atoms with E-state index in [9.17, 15) is 9.50 Å². The van der Waals surface area contributed by atoms with Crippen LogP contribution in [0.25, 0.3) is 0 Å². The van der Waals surface area contributed by atoms with E-state index in [4.69, 9.17) is 5.11 Å². The molecule has 0 radical (unpaired) electrons. The third-order valence-electron chi connectivity index (χ3n) is 3.56. The minimum Gasteiger partial charge on any atom is -0.396 e. The molecule has 1 aromatic carbocycles. The molecule has 1 aromatic rings. The number of rotatable bonds is 9. The van der Waals surface area contributed by atoms with E-state index in [0.717, 1.165) is 25.8 Å². The average molecular weight is 283 g/mol. The van der Waals surface area contributed by atoms with Gasteiger partial charge in [0.1, 0.15) is 5.82 Å². The van der Waals surface area contributed by atoms with E-state index in [0.29, 0.717) is 12.1 Å². The first kappa shape index (κ1) is 17.1. The second-order valence-electron chi connectivity index (χ2n) is 5.49. The maximum Gasteiger partial charge on any atom is 0.129 e. The van der Waals surface area contributed by atoms with Crippen LogP contribution in [0.2, 0.25) is 0 Å². The van der Waals surface area contributed by atoms with Crippen LogP contribution in [-0.2, 0) is 0 Å². The minimum atomic E-state index is -0.781. The van der Waals surface area contributed by atoms with Gasteiger partial charge in [-0.2, -0.15) is 0 Å². The predicted octanol–water partition coefficient (Wildman–Crippen LogP) is 2.59. The van der Waals surface area contributed by atoms with Gasteiger partial charge in [-0.1, -0.05) is 25.1 Å². The average Bonchev–Trinajstić information content (AvgIpc) is 2.43. The highest BCUT2D eigenvalue weighted by atomic mass is 19.1. The number of benzene rings is 1. The van der Waals surface area contributed by atoms with E-state index in [-0.39, 0.29) is 18.3 Å². The van der Waals surface area contributed by atoms with Crippen LogP contribution < -0.4 is 0 Å². The number of hydrogen-bond donors (Lipinski definition) is 2. The van der Waals surface area contributed by atoms with Crippen LogP contribution in [0.15, 0.2) is 24.3 Å². The normalized spacial score (nSPS) is 14.5. The van der Waals surface area contributed by atoms with Crippen molar-refractivity contribution in [1.82, 2.24) is 4.90 Å². The molecule has 0 spiro atoms. The van der Waals surface area contributed by atoms with Crippen molar-refractivity contribution in [3.8, 4) is 0 Å². The predicted molar refractivity (Wildman–Crippen MR) is 79.0 cm³/mol. The summed E-state index contributed by atoms with van der Waals surface area (Å²) in [6.45, 7) is 3.82. The zero-order valence-electron chi connectivity index (χ0n) is 12.4. The molecule has 0 saturated carbocycles. The van der Waals surface area contributed by atoms with Gasteiger partial charge in [-0.3, -0.25) is 0 Å². The Morgan fingerprint density at radius 1 is 1.20 bits per heavy atom. The van der Waals surface area contributed by atoms with Crippen LogP contribution in [0.5, 0.6) is 0 Å². The largest absolute Gasteiger partial charge is 0.396 e. The molecule has 1 rings (SSSR count). The van der Waals surface area contributed by atoms with Crippen LogP contribution in [0.4, 0.5) is 4.39 Å². The van der Waals surface area contributed by atoms with Gasteiger partial charge in [0.2, 0.25) is 0 Å². The molecule has 2 unspecified atom stereocenters. The second-order valence-corrected chi connectivity index (χ2v) is 5.49. The second kappa shape index (κ2) is 9.06. The summed E-state index contributed by atoms with van der Waals surface area (Å²) in [5.74, 6) is -0.382. The Morgan fingerprint density at radius 3 is 2.55 bits per heavy atom. The lowest BCUT2D eigenvalue weighted by molar-refractivity contribution is 0.0912. The standard InChI is InChI=1S/C16H26FNO2/c1-13(12-18(2)10-6-3-7-11-19)16(20)14-8-4-5-9-15(14)17/h4-5,8-9,13,16,19-20H,3,6-7,10-12H2,1-2H3. The Bertz CT molecular complexity index is 386. The summed E-state index contributed by atoms with van der Waals surface area (Å²) in [4.78, 5) is 2.14. The van der Waals surface area contributed by atoms with Crippen molar-refractivity contribution in [1.29, 1.82) is 0 Å². The summed E-state index contributed by atoms with van der Waals surface area (Å²) >= 11 is 0. The van der Waals surface area contributed by atoms with E-state index in [2.05, 4.69) is 4.90 Å². The molecule has 0 bridgehead atoms. The Hall–Kier alpha value is -0.970. The number of aliphatic hydroxyl groups excluding tert-OH is 2. The number of nitrogens with zero attached hydrogens (tertiary/aromatic N) is 1. The van der Waals surface area contributed by atoms with Crippen molar-refractivity contribution in [2.45, 2.75) is 32.3 Å². The van der Waals surface area contributed by atoms with Crippen molar-refractivity contribution >= 4 is 0 Å². The Labute approximate surface area is 121 Å². The fraction of sp³-hybridized carbons (Fsp3) is 0.625. The molecule has 3 nitrogen and oxygen atoms in total. The molecule has 0 heterocycles. The Morgan fingerprint density at radius 2 is 1.90 bits per heavy atom. The highest BCUT2D eigenvalue weighted by molar-refractivity contribution is 5.20. The molecule has 2 atom stereocenters. The van der Waals surface area contributed by atoms with Crippen LogP contribution in [0, 0.1) is 11.7 Å². The maximum atomic E-state index is 13.6. The first-order valence-electron chi connectivity index (χ1n) is 7.28. The fourth-order valence-electron chi connectivity index (χ4n) is 2.37. The topological polar surface area (TPSA) is 43.7 Å². The summed E-state index contributed by atoms with van der Waals surface area (Å²) in [7, 11) is 2.00. The van der Waals surface area contributed by atoms with Gasteiger partial charge in [0, 0.05) is 18.7 Å². The molecule has 2 N–H and O–H groups in total. The van der Waals surface area contributed by atoms with Gasteiger partial charge in [0.25, 0.3) is 0 Å². The SMILES string of the molecule is CC(CN(C)CCCCCO)C(O)c1ccccc1F. The Kier molecular flexibility index (Phi) is 7.73. The van der Waals surface area contributed by atoms with Crippen LogP contribution in [0.1, 0.15) is 37.9 Å². The van der Waals surface area contributed by atoms with E-state index in [1.165, 1.54) is 6.07 Å². The van der Waals surface area contributed by atoms with Gasteiger partial charge in [-0.25, -0.2) is 4.39 Å². The van der Waals surface area contributed by atoms with Gasteiger partial charge in [0.05, 0.1) is 6.10 Å². The third-order valence-corrected chi connectivity index (χ3v) is 3.56. The molecular formula is C16H26FNO2. The molecule has 20 heavy (non-hydrogen) atoms. The molecule has 0 aromatic heterocycles. The van der Waals surface area contributed by atoms with Crippen LogP contribution >= 0.6 is 0 Å². The summed E-state index contributed by atoms with van der Waals surface area (Å²) < 4.78 is 13.6. The van der Waals surface area contributed by atoms with E-state index >= 15 is 0 Å². The molecule has 0 aliphatic heterocycles. The Balaban J connectivity index is 2.41. The highest BCUT2D eigenvalue weighted by Crippen LogP contribution is 2.24. The molecule has 0 aliphatic rings. The molecule has 0 aliphatic carbocycles. The molecule has 0 fully saturated rings. The lowest BCUT2D eigenvalue weighted by atomic mass is 9.96. The smallest absolute Gasteiger partial charge is 0.129 e. The molecule has 0 amide bonds.